The Labute approximate surface area is 189 Å². The van der Waals surface area contributed by atoms with Gasteiger partial charge in [-0.05, 0) is 20.8 Å². The first-order valence-electron chi connectivity index (χ1n) is 9.33. The molecule has 218 valence electrons. The normalized spacial score (nSPS) is 16.5. The van der Waals surface area contributed by atoms with Gasteiger partial charge in [-0.2, -0.15) is 83.4 Å². The van der Waals surface area contributed by atoms with Crippen molar-refractivity contribution in [3.05, 3.63) is 0 Å². The third-order valence-electron chi connectivity index (χ3n) is 5.73. The Balaban J connectivity index is 6.94. The van der Waals surface area contributed by atoms with Crippen LogP contribution in [0.2, 0.25) is 0 Å². The Hall–Kier alpha value is -1.37. The lowest BCUT2D eigenvalue weighted by Gasteiger charge is -2.45. The molecule has 0 saturated carbocycles. The van der Waals surface area contributed by atoms with Crippen LogP contribution in [0.1, 0.15) is 20.8 Å². The molecule has 20 heteroatoms. The van der Waals surface area contributed by atoms with E-state index in [9.17, 15) is 83.4 Å². The van der Waals surface area contributed by atoms with Crippen molar-refractivity contribution in [2.24, 2.45) is 0 Å². The fraction of sp³-hybridized carbons (Fsp3) is 1.00. The summed E-state index contributed by atoms with van der Waals surface area (Å²) in [6.45, 7) is -1.27. The van der Waals surface area contributed by atoms with E-state index in [2.05, 4.69) is 0 Å². The summed E-state index contributed by atoms with van der Waals surface area (Å²) in [5.41, 5.74) is 0. The maximum Gasteiger partial charge on any atom is 0.460 e. The van der Waals surface area contributed by atoms with Crippen molar-refractivity contribution in [3.8, 4) is 0 Å². The smallest absolute Gasteiger partial charge is 0.319 e. The second kappa shape index (κ2) is 9.13. The van der Waals surface area contributed by atoms with Crippen molar-refractivity contribution < 1.29 is 87.9 Å². The molecule has 0 amide bonds. The molecule has 0 aromatic carbocycles. The van der Waals surface area contributed by atoms with Gasteiger partial charge in [0.2, 0.25) is 0 Å². The van der Waals surface area contributed by atoms with Gasteiger partial charge in [-0.25, -0.2) is 0 Å². The third kappa shape index (κ3) is 4.45. The van der Waals surface area contributed by atoms with Crippen LogP contribution in [-0.4, -0.2) is 84.2 Å². The molecule has 0 saturated heterocycles. The van der Waals surface area contributed by atoms with Gasteiger partial charge < -0.3 is 4.48 Å². The van der Waals surface area contributed by atoms with Gasteiger partial charge in [-0.3, -0.25) is 0 Å². The highest BCUT2D eigenvalue weighted by molar-refractivity contribution is 5.16. The first-order chi connectivity index (χ1) is 15.4. The molecule has 0 bridgehead atoms. The molecule has 0 aromatic rings. The highest BCUT2D eigenvalue weighted by Crippen LogP contribution is 2.65. The lowest BCUT2D eigenvalue weighted by Crippen LogP contribution is -2.76. The molecule has 0 heterocycles. The minimum atomic E-state index is -8.88. The lowest BCUT2D eigenvalue weighted by atomic mass is 9.87. The summed E-state index contributed by atoms with van der Waals surface area (Å²) in [5.74, 6) is -66.1. The monoisotopic (exact) mass is 584 g/mol. The summed E-state index contributed by atoms with van der Waals surface area (Å²) in [5, 5.41) is 0. The molecule has 0 aliphatic rings. The number of hydrogen-bond acceptors (Lipinski definition) is 0. The molecule has 0 N–H and O–H groups in total. The molecule has 0 spiro atoms. The number of alkyl halides is 19. The average Bonchev–Trinajstić information content (AvgIpc) is 2.70. The Morgan fingerprint density at radius 2 is 0.583 bits per heavy atom. The van der Waals surface area contributed by atoms with Crippen LogP contribution in [0.4, 0.5) is 83.4 Å². The van der Waals surface area contributed by atoms with Gasteiger partial charge in [0.05, 0.1) is 19.6 Å². The van der Waals surface area contributed by atoms with E-state index in [1.165, 1.54) is 0 Å². The second-order valence-electron chi connectivity index (χ2n) is 7.67. The zero-order valence-electron chi connectivity index (χ0n) is 18.0. The van der Waals surface area contributed by atoms with Gasteiger partial charge in [0, 0.05) is 0 Å². The van der Waals surface area contributed by atoms with E-state index in [-0.39, 0.29) is 0 Å². The largest absolute Gasteiger partial charge is 0.460 e. The van der Waals surface area contributed by atoms with Gasteiger partial charge >= 0.3 is 53.6 Å². The minimum Gasteiger partial charge on any atom is -0.319 e. The quantitative estimate of drug-likeness (QED) is 0.165. The highest BCUT2D eigenvalue weighted by atomic mass is 19.4. The molecule has 36 heavy (non-hydrogen) atoms. The van der Waals surface area contributed by atoms with E-state index in [1.807, 2.05) is 0 Å². The van der Waals surface area contributed by atoms with Crippen molar-refractivity contribution in [1.82, 2.24) is 0 Å². The van der Waals surface area contributed by atoms with E-state index in [4.69, 9.17) is 0 Å². The summed E-state index contributed by atoms with van der Waals surface area (Å²) in [6.07, 6.45) is -7.88. The Morgan fingerprint density at radius 3 is 0.806 bits per heavy atom. The van der Waals surface area contributed by atoms with Crippen LogP contribution in [0.3, 0.4) is 0 Å². The maximum atomic E-state index is 14.1. The van der Waals surface area contributed by atoms with E-state index in [1.54, 1.807) is 0 Å². The van der Waals surface area contributed by atoms with Crippen molar-refractivity contribution >= 4 is 0 Å². The van der Waals surface area contributed by atoms with Crippen LogP contribution < -0.4 is 0 Å². The zero-order valence-corrected chi connectivity index (χ0v) is 18.0. The lowest BCUT2D eigenvalue weighted by molar-refractivity contribution is -0.931. The van der Waals surface area contributed by atoms with Gasteiger partial charge in [0.1, 0.15) is 6.54 Å². The summed E-state index contributed by atoms with van der Waals surface area (Å²) < 4.78 is 252. The fourth-order valence-corrected chi connectivity index (χ4v) is 2.92. The first kappa shape index (κ1) is 34.6. The molecular weight excluding hydrogens is 567 g/mol. The number of halogens is 19. The molecule has 0 aromatic heterocycles. The summed E-state index contributed by atoms with van der Waals surface area (Å²) >= 11 is 0. The molecule has 1 nitrogen and oxygen atoms in total. The van der Waals surface area contributed by atoms with Gasteiger partial charge in [-0.15, -0.1) is 0 Å². The van der Waals surface area contributed by atoms with Crippen molar-refractivity contribution in [1.29, 1.82) is 0 Å². The third-order valence-corrected chi connectivity index (χ3v) is 5.73. The summed E-state index contributed by atoms with van der Waals surface area (Å²) in [7, 11) is 0. The van der Waals surface area contributed by atoms with Crippen LogP contribution in [0.25, 0.3) is 0 Å². The fourth-order valence-electron chi connectivity index (χ4n) is 2.92. The van der Waals surface area contributed by atoms with Crippen molar-refractivity contribution in [2.45, 2.75) is 74.3 Å². The van der Waals surface area contributed by atoms with Gasteiger partial charge in [0.25, 0.3) is 0 Å². The topological polar surface area (TPSA) is 0 Å². The van der Waals surface area contributed by atoms with E-state index in [0.717, 1.165) is 20.8 Å². The van der Waals surface area contributed by atoms with Gasteiger partial charge in [-0.1, -0.05) is 0 Å². The molecule has 0 fully saturated rings. The number of nitrogens with zero attached hydrogens (tertiary/aromatic N) is 1. The highest BCUT2D eigenvalue weighted by Gasteiger charge is 2.96. The van der Waals surface area contributed by atoms with Crippen molar-refractivity contribution in [3.63, 3.8) is 0 Å². The van der Waals surface area contributed by atoms with E-state index < -0.39 is 84.2 Å². The number of quaternary nitrogens is 1. The molecule has 0 unspecified atom stereocenters. The predicted octanol–water partition coefficient (Wildman–Crippen LogP) is 7.51. The number of hydrogen-bond donors (Lipinski definition) is 0. The van der Waals surface area contributed by atoms with E-state index in [0.29, 0.717) is 0 Å². The van der Waals surface area contributed by atoms with Gasteiger partial charge in [0.15, 0.2) is 0 Å². The molecule has 0 atom stereocenters. The number of rotatable bonds is 12. The minimum absolute atomic E-state index is 0.590. The summed E-state index contributed by atoms with van der Waals surface area (Å²) in [6, 6.07) is 0. The molecule has 0 radical (unpaired) electrons. The zero-order chi connectivity index (χ0) is 29.8. The summed E-state index contributed by atoms with van der Waals surface area (Å²) in [4.78, 5) is 0. The van der Waals surface area contributed by atoms with Crippen LogP contribution in [-0.2, 0) is 0 Å². The Morgan fingerprint density at radius 1 is 0.361 bits per heavy atom. The van der Waals surface area contributed by atoms with Crippen LogP contribution in [0.15, 0.2) is 0 Å². The maximum absolute atomic E-state index is 14.1. The van der Waals surface area contributed by atoms with Crippen molar-refractivity contribution in [2.75, 3.05) is 26.2 Å². The molecular formula is C16H17F19N+. The molecule has 0 rings (SSSR count). The van der Waals surface area contributed by atoms with E-state index >= 15 is 0 Å². The Kier molecular flexibility index (Phi) is 8.78. The predicted molar refractivity (Wildman–Crippen MR) is 82.4 cm³/mol. The molecule has 0 aliphatic carbocycles. The second-order valence-corrected chi connectivity index (χ2v) is 7.67. The standard InChI is InChI=1S/C16H17F19N/c1-4-36(5-2,6-3)7-8(17,18)9(19,20)10(21,22)11(23,24)12(25,26)13(27,28)14(29,30)15(31,32)16(33,34)35/h4-7H2,1-3H3/q+1. The Bertz CT molecular complexity index is 754. The van der Waals surface area contributed by atoms with Crippen LogP contribution >= 0.6 is 0 Å². The first-order valence-corrected chi connectivity index (χ1v) is 9.33. The molecule has 0 aliphatic heterocycles. The SMILES string of the molecule is CC[N+](CC)(CC)CC(F)(F)C(F)(F)C(F)(F)C(F)(F)C(F)(F)C(F)(F)C(F)(F)C(F)(F)C(F)(F)F. The average molecular weight is 584 g/mol. The van der Waals surface area contributed by atoms with Crippen LogP contribution in [0, 0.1) is 0 Å². The van der Waals surface area contributed by atoms with Crippen LogP contribution in [0.5, 0.6) is 0 Å².